The molecule has 8 rings (SSSR count). The molecule has 3 heterocycles. The number of rotatable bonds is 8. The lowest BCUT2D eigenvalue weighted by atomic mass is 9.96. The van der Waals surface area contributed by atoms with E-state index >= 15 is 0 Å². The average molecular weight is 642 g/mol. The standard InChI is InChI=1S/C47H35N3/c1-3-14-46-41(4-2)42-21-8-9-23-47(42)50(46)40-20-13-19-38(30-40)44-31-39(32-45(49-44)43-22-10-11-28-48-43)37-18-12-17-36(29-37)35-26-24-34(25-27-35)33-15-6-5-7-16-33/h3-32H,2H2,1H3/b14-3-. The average Bonchev–Trinajstić information content (AvgIpc) is 3.51. The predicted octanol–water partition coefficient (Wildman–Crippen LogP) is 12.4. The summed E-state index contributed by atoms with van der Waals surface area (Å²) in [6.07, 6.45) is 8.01. The number of para-hydroxylation sites is 1. The van der Waals surface area contributed by atoms with Gasteiger partial charge in [-0.2, -0.15) is 0 Å². The number of pyridine rings is 2. The van der Waals surface area contributed by atoms with E-state index in [1.165, 1.54) is 22.1 Å². The highest BCUT2D eigenvalue weighted by Crippen LogP contribution is 2.35. The Kier molecular flexibility index (Phi) is 8.30. The topological polar surface area (TPSA) is 30.7 Å². The molecule has 8 aromatic rings. The molecule has 3 nitrogen and oxygen atoms in total. The fourth-order valence-electron chi connectivity index (χ4n) is 6.76. The fourth-order valence-corrected chi connectivity index (χ4v) is 6.76. The van der Waals surface area contributed by atoms with Crippen LogP contribution in [0.25, 0.3) is 84.8 Å². The van der Waals surface area contributed by atoms with E-state index in [4.69, 9.17) is 4.98 Å². The zero-order valence-corrected chi connectivity index (χ0v) is 27.9. The van der Waals surface area contributed by atoms with E-state index in [9.17, 15) is 0 Å². The Hall–Kier alpha value is -6.58. The van der Waals surface area contributed by atoms with Crippen LogP contribution in [0, 0.1) is 0 Å². The van der Waals surface area contributed by atoms with E-state index in [0.29, 0.717) is 0 Å². The molecule has 0 bridgehead atoms. The molecule has 0 saturated carbocycles. The number of benzene rings is 5. The molecular formula is C47H35N3. The lowest BCUT2D eigenvalue weighted by Gasteiger charge is -2.14. The Balaban J connectivity index is 1.24. The van der Waals surface area contributed by atoms with Crippen molar-refractivity contribution in [3.63, 3.8) is 0 Å². The Morgan fingerprint density at radius 2 is 1.16 bits per heavy atom. The Bertz CT molecular complexity index is 2490. The summed E-state index contributed by atoms with van der Waals surface area (Å²) in [5, 5.41) is 1.17. The summed E-state index contributed by atoms with van der Waals surface area (Å²) in [5.41, 5.74) is 15.0. The smallest absolute Gasteiger partial charge is 0.0899 e. The first-order valence-corrected chi connectivity index (χ1v) is 16.9. The first-order chi connectivity index (χ1) is 24.7. The summed E-state index contributed by atoms with van der Waals surface area (Å²) in [7, 11) is 0. The zero-order valence-electron chi connectivity index (χ0n) is 27.9. The van der Waals surface area contributed by atoms with Gasteiger partial charge in [0.05, 0.1) is 28.3 Å². The highest BCUT2D eigenvalue weighted by Gasteiger charge is 2.16. The molecular weight excluding hydrogens is 607 g/mol. The number of allylic oxidation sites excluding steroid dienone is 1. The second-order valence-corrected chi connectivity index (χ2v) is 12.3. The second-order valence-electron chi connectivity index (χ2n) is 12.3. The van der Waals surface area contributed by atoms with Crippen molar-refractivity contribution in [3.8, 4) is 61.7 Å². The van der Waals surface area contributed by atoms with Crippen LogP contribution in [0.2, 0.25) is 0 Å². The van der Waals surface area contributed by atoms with Crippen molar-refractivity contribution >= 4 is 23.1 Å². The lowest BCUT2D eigenvalue weighted by Crippen LogP contribution is -1.98. The molecule has 50 heavy (non-hydrogen) atoms. The maximum atomic E-state index is 5.19. The molecule has 0 saturated heterocycles. The quantitative estimate of drug-likeness (QED) is 0.165. The molecule has 0 spiro atoms. The Labute approximate surface area is 293 Å². The summed E-state index contributed by atoms with van der Waals surface area (Å²) in [6, 6.07) is 55.5. The number of fused-ring (bicyclic) bond motifs is 1. The maximum absolute atomic E-state index is 5.19. The minimum Gasteiger partial charge on any atom is -0.309 e. The van der Waals surface area contributed by atoms with Crippen LogP contribution < -0.4 is 0 Å². The molecule has 0 atom stereocenters. The van der Waals surface area contributed by atoms with Gasteiger partial charge < -0.3 is 4.57 Å². The van der Waals surface area contributed by atoms with Crippen LogP contribution in [-0.2, 0) is 0 Å². The van der Waals surface area contributed by atoms with E-state index in [1.54, 1.807) is 0 Å². The van der Waals surface area contributed by atoms with E-state index in [1.807, 2.05) is 36.5 Å². The number of hydrogen-bond acceptors (Lipinski definition) is 2. The second kappa shape index (κ2) is 13.5. The van der Waals surface area contributed by atoms with Crippen LogP contribution >= 0.6 is 0 Å². The van der Waals surface area contributed by atoms with Gasteiger partial charge in [-0.1, -0.05) is 128 Å². The summed E-state index contributed by atoms with van der Waals surface area (Å²) in [6.45, 7) is 6.20. The first kappa shape index (κ1) is 30.7. The molecule has 0 radical (unpaired) electrons. The van der Waals surface area contributed by atoms with Gasteiger partial charge in [-0.15, -0.1) is 0 Å². The van der Waals surface area contributed by atoms with Gasteiger partial charge in [-0.25, -0.2) is 4.98 Å². The summed E-state index contributed by atoms with van der Waals surface area (Å²) < 4.78 is 2.31. The molecule has 5 aromatic carbocycles. The number of nitrogens with zero attached hydrogens (tertiary/aromatic N) is 3. The third-order valence-electron chi connectivity index (χ3n) is 9.15. The fraction of sp³-hybridized carbons (Fsp3) is 0.0213. The highest BCUT2D eigenvalue weighted by molar-refractivity contribution is 5.95. The van der Waals surface area contributed by atoms with Crippen molar-refractivity contribution in [2.45, 2.75) is 6.92 Å². The van der Waals surface area contributed by atoms with Crippen molar-refractivity contribution in [2.24, 2.45) is 0 Å². The van der Waals surface area contributed by atoms with Gasteiger partial charge in [0, 0.05) is 28.4 Å². The van der Waals surface area contributed by atoms with E-state index < -0.39 is 0 Å². The maximum Gasteiger partial charge on any atom is 0.0899 e. The third kappa shape index (κ3) is 5.86. The van der Waals surface area contributed by atoms with Crippen molar-refractivity contribution in [1.82, 2.24) is 14.5 Å². The number of hydrogen-bond donors (Lipinski definition) is 0. The van der Waals surface area contributed by atoms with Crippen LogP contribution in [0.5, 0.6) is 0 Å². The van der Waals surface area contributed by atoms with Gasteiger partial charge in [-0.3, -0.25) is 4.98 Å². The summed E-state index contributed by atoms with van der Waals surface area (Å²) in [4.78, 5) is 9.87. The molecule has 0 aliphatic carbocycles. The SMILES string of the molecule is C=Cc1c(/C=C\C)n(-c2cccc(-c3cc(-c4cccc(-c5ccc(-c6ccccc6)cc5)c4)cc(-c4ccccn4)n3)c2)c2ccccc12. The molecule has 0 amide bonds. The van der Waals surface area contributed by atoms with Gasteiger partial charge in [0.2, 0.25) is 0 Å². The molecule has 0 aliphatic heterocycles. The molecule has 0 fully saturated rings. The molecule has 0 aliphatic rings. The van der Waals surface area contributed by atoms with Crippen LogP contribution in [0.1, 0.15) is 18.2 Å². The Morgan fingerprint density at radius 3 is 1.92 bits per heavy atom. The monoisotopic (exact) mass is 641 g/mol. The largest absolute Gasteiger partial charge is 0.309 e. The summed E-state index contributed by atoms with van der Waals surface area (Å²) in [5.74, 6) is 0. The van der Waals surface area contributed by atoms with Crippen LogP contribution in [-0.4, -0.2) is 14.5 Å². The minimum atomic E-state index is 0.830. The molecule has 0 unspecified atom stereocenters. The molecule has 238 valence electrons. The Morgan fingerprint density at radius 1 is 0.520 bits per heavy atom. The third-order valence-corrected chi connectivity index (χ3v) is 9.15. The van der Waals surface area contributed by atoms with E-state index in [0.717, 1.165) is 61.8 Å². The van der Waals surface area contributed by atoms with Crippen LogP contribution in [0.3, 0.4) is 0 Å². The molecule has 3 heteroatoms. The van der Waals surface area contributed by atoms with Gasteiger partial charge in [-0.05, 0) is 94.9 Å². The van der Waals surface area contributed by atoms with Gasteiger partial charge >= 0.3 is 0 Å². The van der Waals surface area contributed by atoms with Crippen molar-refractivity contribution in [3.05, 3.63) is 188 Å². The number of aromatic nitrogens is 3. The molecule has 0 N–H and O–H groups in total. The lowest BCUT2D eigenvalue weighted by molar-refractivity contribution is 1.10. The van der Waals surface area contributed by atoms with Gasteiger partial charge in [0.15, 0.2) is 0 Å². The first-order valence-electron chi connectivity index (χ1n) is 16.9. The van der Waals surface area contributed by atoms with Crippen LogP contribution in [0.15, 0.2) is 177 Å². The van der Waals surface area contributed by atoms with Crippen molar-refractivity contribution in [1.29, 1.82) is 0 Å². The summed E-state index contributed by atoms with van der Waals surface area (Å²) >= 11 is 0. The highest BCUT2D eigenvalue weighted by atomic mass is 15.0. The van der Waals surface area contributed by atoms with E-state index in [2.05, 4.69) is 169 Å². The van der Waals surface area contributed by atoms with Crippen LogP contribution in [0.4, 0.5) is 0 Å². The van der Waals surface area contributed by atoms with Gasteiger partial charge in [0.1, 0.15) is 0 Å². The van der Waals surface area contributed by atoms with E-state index in [-0.39, 0.29) is 0 Å². The van der Waals surface area contributed by atoms with Crippen molar-refractivity contribution < 1.29 is 0 Å². The predicted molar refractivity (Wildman–Crippen MR) is 211 cm³/mol. The van der Waals surface area contributed by atoms with Gasteiger partial charge in [0.25, 0.3) is 0 Å². The molecule has 3 aromatic heterocycles. The normalized spacial score (nSPS) is 11.3. The minimum absolute atomic E-state index is 0.830. The zero-order chi connectivity index (χ0) is 33.9. The van der Waals surface area contributed by atoms with Crippen molar-refractivity contribution in [2.75, 3.05) is 0 Å².